The number of halogens is 1. The van der Waals surface area contributed by atoms with Crippen LogP contribution < -0.4 is 10.6 Å². The second kappa shape index (κ2) is 12.9. The molecule has 168 valence electrons. The fourth-order valence-corrected chi connectivity index (χ4v) is 3.49. The average Bonchev–Trinajstić information content (AvgIpc) is 3.01. The third-order valence-electron chi connectivity index (χ3n) is 4.93. The van der Waals surface area contributed by atoms with Crippen molar-refractivity contribution in [3.8, 4) is 5.82 Å². The molecule has 0 aliphatic rings. The van der Waals surface area contributed by atoms with E-state index < -0.39 is 0 Å². The molecule has 0 amide bonds. The van der Waals surface area contributed by atoms with E-state index in [2.05, 4.69) is 64.4 Å². The molecule has 0 aromatic carbocycles. The van der Waals surface area contributed by atoms with Crippen molar-refractivity contribution in [2.75, 3.05) is 20.1 Å². The van der Waals surface area contributed by atoms with Gasteiger partial charge in [0.2, 0.25) is 0 Å². The van der Waals surface area contributed by atoms with Gasteiger partial charge in [-0.25, -0.2) is 9.67 Å². The molecular formula is C22H38IN7. The van der Waals surface area contributed by atoms with Gasteiger partial charge in [-0.3, -0.25) is 9.89 Å². The van der Waals surface area contributed by atoms with Crippen molar-refractivity contribution in [3.63, 3.8) is 0 Å². The van der Waals surface area contributed by atoms with Gasteiger partial charge in [-0.15, -0.1) is 24.0 Å². The molecule has 0 saturated heterocycles. The lowest BCUT2D eigenvalue weighted by Crippen LogP contribution is -2.41. The zero-order valence-corrected chi connectivity index (χ0v) is 21.8. The van der Waals surface area contributed by atoms with Gasteiger partial charge in [-0.1, -0.05) is 6.07 Å². The number of guanidine groups is 1. The number of rotatable bonds is 9. The summed E-state index contributed by atoms with van der Waals surface area (Å²) in [7, 11) is 1.80. The van der Waals surface area contributed by atoms with Crippen LogP contribution in [0, 0.1) is 13.8 Å². The van der Waals surface area contributed by atoms with Crippen molar-refractivity contribution in [2.45, 2.75) is 66.6 Å². The summed E-state index contributed by atoms with van der Waals surface area (Å²) in [4.78, 5) is 11.4. The fourth-order valence-electron chi connectivity index (χ4n) is 3.49. The first-order chi connectivity index (χ1) is 13.8. The lowest BCUT2D eigenvalue weighted by atomic mass is 10.2. The molecule has 0 aliphatic heterocycles. The summed E-state index contributed by atoms with van der Waals surface area (Å²) >= 11 is 0. The molecular weight excluding hydrogens is 489 g/mol. The molecule has 0 radical (unpaired) electrons. The van der Waals surface area contributed by atoms with Gasteiger partial charge < -0.3 is 10.6 Å². The molecule has 30 heavy (non-hydrogen) atoms. The van der Waals surface area contributed by atoms with Crippen LogP contribution in [-0.2, 0) is 6.54 Å². The number of aliphatic imine (C=N–C) groups is 1. The number of hydrogen-bond acceptors (Lipinski definition) is 4. The van der Waals surface area contributed by atoms with Crippen LogP contribution in [0.2, 0.25) is 0 Å². The number of aryl methyl sites for hydroxylation is 2. The van der Waals surface area contributed by atoms with E-state index in [0.717, 1.165) is 48.2 Å². The molecule has 0 unspecified atom stereocenters. The lowest BCUT2D eigenvalue weighted by Gasteiger charge is -2.30. The van der Waals surface area contributed by atoms with Crippen LogP contribution in [0.4, 0.5) is 0 Å². The molecule has 0 aliphatic carbocycles. The summed E-state index contributed by atoms with van der Waals surface area (Å²) in [5.74, 6) is 1.65. The summed E-state index contributed by atoms with van der Waals surface area (Å²) < 4.78 is 1.87. The molecule has 0 saturated carbocycles. The van der Waals surface area contributed by atoms with Gasteiger partial charge in [0.1, 0.15) is 0 Å². The highest BCUT2D eigenvalue weighted by Crippen LogP contribution is 2.10. The Morgan fingerprint density at radius 1 is 1.13 bits per heavy atom. The van der Waals surface area contributed by atoms with E-state index in [1.807, 2.05) is 36.9 Å². The predicted molar refractivity (Wildman–Crippen MR) is 136 cm³/mol. The van der Waals surface area contributed by atoms with Crippen molar-refractivity contribution in [2.24, 2.45) is 4.99 Å². The zero-order chi connectivity index (χ0) is 21.4. The lowest BCUT2D eigenvalue weighted by molar-refractivity contribution is 0.173. The number of pyridine rings is 1. The largest absolute Gasteiger partial charge is 0.356 e. The van der Waals surface area contributed by atoms with Gasteiger partial charge in [-0.05, 0) is 65.7 Å². The van der Waals surface area contributed by atoms with Gasteiger partial charge in [0.25, 0.3) is 0 Å². The Morgan fingerprint density at radius 2 is 1.83 bits per heavy atom. The second-order valence-electron chi connectivity index (χ2n) is 7.99. The Kier molecular flexibility index (Phi) is 11.3. The normalized spacial score (nSPS) is 11.9. The Bertz CT molecular complexity index is 773. The third-order valence-corrected chi connectivity index (χ3v) is 4.93. The first-order valence-electron chi connectivity index (χ1n) is 10.5. The summed E-state index contributed by atoms with van der Waals surface area (Å²) in [6.07, 6.45) is 2.96. The Hall–Kier alpha value is -1.68. The van der Waals surface area contributed by atoms with Crippen molar-refractivity contribution >= 4 is 29.9 Å². The van der Waals surface area contributed by atoms with Crippen molar-refractivity contribution in [1.29, 1.82) is 0 Å². The van der Waals surface area contributed by atoms with E-state index in [1.54, 1.807) is 7.05 Å². The highest BCUT2D eigenvalue weighted by atomic mass is 127. The van der Waals surface area contributed by atoms with Crippen LogP contribution in [0.15, 0.2) is 29.4 Å². The maximum Gasteiger partial charge on any atom is 0.191 e. The Balaban J connectivity index is 0.00000450. The molecule has 0 fully saturated rings. The molecule has 0 atom stereocenters. The molecule has 0 bridgehead atoms. The third kappa shape index (κ3) is 7.86. The second-order valence-corrected chi connectivity index (χ2v) is 7.99. The summed E-state index contributed by atoms with van der Waals surface area (Å²) in [5, 5.41) is 11.2. The molecule has 8 heteroatoms. The van der Waals surface area contributed by atoms with Gasteiger partial charge in [0.05, 0.1) is 5.69 Å². The molecule has 0 spiro atoms. The van der Waals surface area contributed by atoms with E-state index in [1.165, 1.54) is 0 Å². The van der Waals surface area contributed by atoms with Crippen molar-refractivity contribution < 1.29 is 0 Å². The molecule has 2 aromatic rings. The maximum atomic E-state index is 4.55. The maximum absolute atomic E-state index is 4.55. The molecule has 2 aromatic heterocycles. The first kappa shape index (κ1) is 26.4. The summed E-state index contributed by atoms with van der Waals surface area (Å²) in [5.41, 5.74) is 3.18. The smallest absolute Gasteiger partial charge is 0.191 e. The van der Waals surface area contributed by atoms with E-state index in [0.29, 0.717) is 18.6 Å². The van der Waals surface area contributed by atoms with Gasteiger partial charge >= 0.3 is 0 Å². The molecule has 2 rings (SSSR count). The zero-order valence-electron chi connectivity index (χ0n) is 19.4. The van der Waals surface area contributed by atoms with Gasteiger partial charge in [0.15, 0.2) is 11.8 Å². The van der Waals surface area contributed by atoms with Crippen LogP contribution in [0.3, 0.4) is 0 Å². The topological polar surface area (TPSA) is 70.4 Å². The summed E-state index contributed by atoms with van der Waals surface area (Å²) in [6, 6.07) is 7.25. The minimum Gasteiger partial charge on any atom is -0.356 e. The van der Waals surface area contributed by atoms with Crippen LogP contribution >= 0.6 is 24.0 Å². The predicted octanol–water partition coefficient (Wildman–Crippen LogP) is 3.68. The number of hydrogen-bond donors (Lipinski definition) is 2. The minimum atomic E-state index is 0. The molecule has 2 N–H and O–H groups in total. The van der Waals surface area contributed by atoms with E-state index in [-0.39, 0.29) is 24.0 Å². The molecule has 2 heterocycles. The van der Waals surface area contributed by atoms with Crippen LogP contribution in [0.25, 0.3) is 5.82 Å². The number of nitrogens with zero attached hydrogens (tertiary/aromatic N) is 5. The van der Waals surface area contributed by atoms with Gasteiger partial charge in [0, 0.05) is 50.7 Å². The Morgan fingerprint density at radius 3 is 2.33 bits per heavy atom. The van der Waals surface area contributed by atoms with E-state index in [9.17, 15) is 0 Å². The summed E-state index contributed by atoms with van der Waals surface area (Å²) in [6.45, 7) is 15.7. The number of aromatic nitrogens is 3. The van der Waals surface area contributed by atoms with Gasteiger partial charge in [-0.2, -0.15) is 5.10 Å². The average molecular weight is 527 g/mol. The first-order valence-corrected chi connectivity index (χ1v) is 10.5. The van der Waals surface area contributed by atoms with Crippen molar-refractivity contribution in [1.82, 2.24) is 30.3 Å². The molecule has 7 nitrogen and oxygen atoms in total. The quantitative estimate of drug-likeness (QED) is 0.226. The van der Waals surface area contributed by atoms with Crippen LogP contribution in [0.5, 0.6) is 0 Å². The highest BCUT2D eigenvalue weighted by molar-refractivity contribution is 14.0. The van der Waals surface area contributed by atoms with Crippen molar-refractivity contribution in [3.05, 3.63) is 41.3 Å². The van der Waals surface area contributed by atoms with E-state index >= 15 is 0 Å². The SMILES string of the molecule is CN=C(NCCCN(C(C)C)C(C)C)NCc1ccc(-n2nc(C)cc2C)nc1.I. The monoisotopic (exact) mass is 527 g/mol. The number of nitrogens with one attached hydrogen (secondary N) is 2. The fraction of sp³-hybridized carbons (Fsp3) is 0.591. The minimum absolute atomic E-state index is 0. The Labute approximate surface area is 198 Å². The van der Waals surface area contributed by atoms with Crippen LogP contribution in [-0.4, -0.2) is 57.8 Å². The van der Waals surface area contributed by atoms with E-state index in [4.69, 9.17) is 0 Å². The highest BCUT2D eigenvalue weighted by Gasteiger charge is 2.12. The standard InChI is InChI=1S/C22H37N7.HI/c1-16(2)28(17(3)4)12-8-11-24-22(23-7)26-15-20-9-10-21(25-14-20)29-19(6)13-18(5)27-29;/h9-10,13-14,16-17H,8,11-12,15H2,1-7H3,(H2,23,24,26);1H. The van der Waals surface area contributed by atoms with Crippen LogP contribution in [0.1, 0.15) is 51.1 Å².